The quantitative estimate of drug-likeness (QED) is 0.732. The van der Waals surface area contributed by atoms with Gasteiger partial charge in [-0.15, -0.1) is 11.3 Å². The van der Waals surface area contributed by atoms with Crippen molar-refractivity contribution in [1.29, 1.82) is 0 Å². The van der Waals surface area contributed by atoms with E-state index in [4.69, 9.17) is 5.73 Å². The summed E-state index contributed by atoms with van der Waals surface area (Å²) < 4.78 is 0. The van der Waals surface area contributed by atoms with Gasteiger partial charge in [0, 0.05) is 15.9 Å². The predicted molar refractivity (Wildman–Crippen MR) is 59.1 cm³/mol. The first-order valence-corrected chi connectivity index (χ1v) is 5.91. The lowest BCUT2D eigenvalue weighted by Gasteiger charge is -2.25. The van der Waals surface area contributed by atoms with E-state index in [2.05, 4.69) is 19.2 Å². The highest BCUT2D eigenvalue weighted by atomic mass is 32.1. The maximum Gasteiger partial charge on any atom is 0.0458 e. The highest BCUT2D eigenvalue weighted by molar-refractivity contribution is 7.10. The highest BCUT2D eigenvalue weighted by Gasteiger charge is 2.23. The van der Waals surface area contributed by atoms with Crippen molar-refractivity contribution in [3.63, 3.8) is 0 Å². The van der Waals surface area contributed by atoms with Crippen LogP contribution in [0.5, 0.6) is 0 Å². The Labute approximate surface area is 84.0 Å². The Balaban J connectivity index is 2.21. The van der Waals surface area contributed by atoms with Gasteiger partial charge in [0.05, 0.1) is 0 Å². The Morgan fingerprint density at radius 1 is 1.54 bits per heavy atom. The SMILES string of the molecule is CC(C)C1CCc2c(N)csc2C1. The van der Waals surface area contributed by atoms with Crippen LogP contribution in [0.1, 0.15) is 30.7 Å². The van der Waals surface area contributed by atoms with Crippen molar-refractivity contribution in [3.8, 4) is 0 Å². The molecule has 0 spiro atoms. The molecule has 13 heavy (non-hydrogen) atoms. The molecule has 0 bridgehead atoms. The molecule has 1 aliphatic carbocycles. The van der Waals surface area contributed by atoms with Gasteiger partial charge in [-0.25, -0.2) is 0 Å². The Morgan fingerprint density at radius 2 is 2.31 bits per heavy atom. The van der Waals surface area contributed by atoms with Crippen LogP contribution in [-0.2, 0) is 12.8 Å². The lowest BCUT2D eigenvalue weighted by atomic mass is 9.81. The molecule has 0 amide bonds. The van der Waals surface area contributed by atoms with Gasteiger partial charge in [0.2, 0.25) is 0 Å². The van der Waals surface area contributed by atoms with Crippen molar-refractivity contribution in [3.05, 3.63) is 15.8 Å². The molecule has 0 radical (unpaired) electrons. The van der Waals surface area contributed by atoms with Crippen molar-refractivity contribution in [1.82, 2.24) is 0 Å². The molecular formula is C11H17NS. The minimum Gasteiger partial charge on any atom is -0.398 e. The topological polar surface area (TPSA) is 26.0 Å². The van der Waals surface area contributed by atoms with Crippen molar-refractivity contribution in [2.24, 2.45) is 11.8 Å². The van der Waals surface area contributed by atoms with Gasteiger partial charge in [0.25, 0.3) is 0 Å². The maximum atomic E-state index is 5.89. The van der Waals surface area contributed by atoms with Crippen LogP contribution in [0.2, 0.25) is 0 Å². The second-order valence-electron chi connectivity index (χ2n) is 4.34. The van der Waals surface area contributed by atoms with Crippen LogP contribution in [0, 0.1) is 11.8 Å². The smallest absolute Gasteiger partial charge is 0.0458 e. The summed E-state index contributed by atoms with van der Waals surface area (Å²) in [5.41, 5.74) is 8.37. The van der Waals surface area contributed by atoms with E-state index in [1.165, 1.54) is 24.8 Å². The van der Waals surface area contributed by atoms with Gasteiger partial charge in [-0.3, -0.25) is 0 Å². The van der Waals surface area contributed by atoms with Crippen LogP contribution in [0.25, 0.3) is 0 Å². The molecule has 0 saturated carbocycles. The Bertz CT molecular complexity index is 301. The van der Waals surface area contributed by atoms with Gasteiger partial charge < -0.3 is 5.73 Å². The summed E-state index contributed by atoms with van der Waals surface area (Å²) >= 11 is 1.85. The zero-order chi connectivity index (χ0) is 9.42. The fraction of sp³-hybridized carbons (Fsp3) is 0.636. The van der Waals surface area contributed by atoms with Crippen molar-refractivity contribution < 1.29 is 0 Å². The highest BCUT2D eigenvalue weighted by Crippen LogP contribution is 2.36. The molecule has 2 heteroatoms. The third-order valence-electron chi connectivity index (χ3n) is 3.17. The van der Waals surface area contributed by atoms with E-state index in [1.54, 1.807) is 4.88 Å². The lowest BCUT2D eigenvalue weighted by molar-refractivity contribution is 0.346. The predicted octanol–water partition coefficient (Wildman–Crippen LogP) is 3.09. The molecular weight excluding hydrogens is 178 g/mol. The summed E-state index contributed by atoms with van der Waals surface area (Å²) in [6, 6.07) is 0. The maximum absolute atomic E-state index is 5.89. The van der Waals surface area contributed by atoms with Gasteiger partial charge in [0.1, 0.15) is 0 Å². The minimum atomic E-state index is 0.816. The molecule has 1 heterocycles. The first kappa shape index (κ1) is 9.07. The summed E-state index contributed by atoms with van der Waals surface area (Å²) in [5.74, 6) is 1.70. The van der Waals surface area contributed by atoms with Crippen molar-refractivity contribution in [2.45, 2.75) is 33.1 Å². The molecule has 72 valence electrons. The normalized spacial score (nSPS) is 21.9. The van der Waals surface area contributed by atoms with Crippen LogP contribution < -0.4 is 5.73 Å². The average Bonchev–Trinajstić information content (AvgIpc) is 2.47. The average molecular weight is 195 g/mol. The van der Waals surface area contributed by atoms with E-state index in [0.29, 0.717) is 0 Å². The number of rotatable bonds is 1. The summed E-state index contributed by atoms with van der Waals surface area (Å²) in [4.78, 5) is 1.54. The number of hydrogen-bond acceptors (Lipinski definition) is 2. The molecule has 1 nitrogen and oxygen atoms in total. The first-order chi connectivity index (χ1) is 6.18. The van der Waals surface area contributed by atoms with Gasteiger partial charge in [-0.1, -0.05) is 13.8 Å². The van der Waals surface area contributed by atoms with E-state index in [-0.39, 0.29) is 0 Å². The van der Waals surface area contributed by atoms with E-state index < -0.39 is 0 Å². The monoisotopic (exact) mass is 195 g/mol. The molecule has 0 aromatic carbocycles. The van der Waals surface area contributed by atoms with E-state index >= 15 is 0 Å². The second-order valence-corrected chi connectivity index (χ2v) is 5.30. The molecule has 1 unspecified atom stereocenters. The van der Waals surface area contributed by atoms with Gasteiger partial charge in [-0.05, 0) is 36.7 Å². The van der Waals surface area contributed by atoms with Crippen LogP contribution in [0.15, 0.2) is 5.38 Å². The van der Waals surface area contributed by atoms with Gasteiger partial charge >= 0.3 is 0 Å². The molecule has 1 atom stereocenters. The number of hydrogen-bond donors (Lipinski definition) is 1. The summed E-state index contributed by atoms with van der Waals surface area (Å²) in [7, 11) is 0. The number of fused-ring (bicyclic) bond motifs is 1. The Kier molecular flexibility index (Phi) is 2.33. The van der Waals surface area contributed by atoms with Crippen LogP contribution in [-0.4, -0.2) is 0 Å². The summed E-state index contributed by atoms with van der Waals surface area (Å²) in [6.45, 7) is 4.65. The third-order valence-corrected chi connectivity index (χ3v) is 4.24. The van der Waals surface area contributed by atoms with Gasteiger partial charge in [-0.2, -0.15) is 0 Å². The first-order valence-electron chi connectivity index (χ1n) is 5.03. The molecule has 1 aromatic rings. The molecule has 2 rings (SSSR count). The van der Waals surface area contributed by atoms with E-state index in [0.717, 1.165) is 17.5 Å². The van der Waals surface area contributed by atoms with Gasteiger partial charge in [0.15, 0.2) is 0 Å². The number of thiophene rings is 1. The van der Waals surface area contributed by atoms with E-state index in [9.17, 15) is 0 Å². The van der Waals surface area contributed by atoms with Crippen LogP contribution >= 0.6 is 11.3 Å². The molecule has 1 aromatic heterocycles. The molecule has 2 N–H and O–H groups in total. The fourth-order valence-electron chi connectivity index (χ4n) is 2.13. The zero-order valence-electron chi connectivity index (χ0n) is 8.34. The molecule has 0 saturated heterocycles. The number of nitrogen functional groups attached to an aromatic ring is 1. The third kappa shape index (κ3) is 1.60. The van der Waals surface area contributed by atoms with Crippen LogP contribution in [0.3, 0.4) is 0 Å². The fourth-order valence-corrected chi connectivity index (χ4v) is 3.22. The standard InChI is InChI=1S/C11H17NS/c1-7(2)8-3-4-9-10(12)6-13-11(9)5-8/h6-8H,3-5,12H2,1-2H3. The lowest BCUT2D eigenvalue weighted by Crippen LogP contribution is -2.17. The molecule has 1 aliphatic rings. The molecule has 0 aliphatic heterocycles. The van der Waals surface area contributed by atoms with Crippen LogP contribution in [0.4, 0.5) is 5.69 Å². The Morgan fingerprint density at radius 3 is 3.00 bits per heavy atom. The summed E-state index contributed by atoms with van der Waals surface area (Å²) in [6.07, 6.45) is 3.79. The number of anilines is 1. The molecule has 0 fully saturated rings. The van der Waals surface area contributed by atoms with Crippen molar-refractivity contribution in [2.75, 3.05) is 5.73 Å². The largest absolute Gasteiger partial charge is 0.398 e. The summed E-state index contributed by atoms with van der Waals surface area (Å²) in [5, 5.41) is 2.10. The second kappa shape index (κ2) is 3.33. The minimum absolute atomic E-state index is 0.816. The van der Waals surface area contributed by atoms with Crippen molar-refractivity contribution >= 4 is 17.0 Å². The number of nitrogens with two attached hydrogens (primary N) is 1. The van der Waals surface area contributed by atoms with E-state index in [1.807, 2.05) is 11.3 Å². The Hall–Kier alpha value is -0.500. The zero-order valence-corrected chi connectivity index (χ0v) is 9.16.